The van der Waals surface area contributed by atoms with Gasteiger partial charge in [-0.05, 0) is 56.0 Å². The Labute approximate surface area is 198 Å². The molecule has 5 rings (SSSR count). The third-order valence-corrected chi connectivity index (χ3v) is 7.07. The van der Waals surface area contributed by atoms with E-state index in [4.69, 9.17) is 0 Å². The second kappa shape index (κ2) is 9.76. The van der Waals surface area contributed by atoms with Crippen molar-refractivity contribution in [3.8, 4) is 11.3 Å². The van der Waals surface area contributed by atoms with Gasteiger partial charge in [0.15, 0.2) is 11.6 Å². The smallest absolute Gasteiger partial charge is 0.254 e. The van der Waals surface area contributed by atoms with Crippen LogP contribution in [0.1, 0.15) is 43.0 Å². The number of hydrogen-bond acceptors (Lipinski definition) is 4. The number of aromatic nitrogens is 1. The van der Waals surface area contributed by atoms with Gasteiger partial charge >= 0.3 is 0 Å². The van der Waals surface area contributed by atoms with Crippen LogP contribution in [-0.2, 0) is 0 Å². The van der Waals surface area contributed by atoms with E-state index in [0.717, 1.165) is 63.1 Å². The number of benzene rings is 2. The highest BCUT2D eigenvalue weighted by molar-refractivity contribution is 6.07. The second-order valence-electron chi connectivity index (χ2n) is 9.16. The van der Waals surface area contributed by atoms with Crippen LogP contribution in [0.2, 0.25) is 0 Å². The molecule has 0 bridgehead atoms. The van der Waals surface area contributed by atoms with Gasteiger partial charge in [-0.3, -0.25) is 4.79 Å². The molecule has 3 heterocycles. The molecule has 7 heteroatoms. The number of likely N-dealkylation sites (N-methyl/N-ethyl adjacent to an activating group) is 1. The number of hydrazine groups is 1. The van der Waals surface area contributed by atoms with Gasteiger partial charge in [0, 0.05) is 49.7 Å². The van der Waals surface area contributed by atoms with Crippen LogP contribution in [0.5, 0.6) is 0 Å². The lowest BCUT2D eigenvalue weighted by Gasteiger charge is -2.35. The fourth-order valence-electron chi connectivity index (χ4n) is 5.27. The molecule has 1 unspecified atom stereocenters. The van der Waals surface area contributed by atoms with E-state index < -0.39 is 11.6 Å². The maximum atomic E-state index is 13.9. The van der Waals surface area contributed by atoms with E-state index in [2.05, 4.69) is 21.9 Å². The predicted molar refractivity (Wildman–Crippen MR) is 129 cm³/mol. The number of carbonyl (C=O) groups is 1. The molecule has 0 spiro atoms. The standard InChI is InChI=1S/C27H30F2N4O/c1-2-31(32-13-5-6-14-32)18-20-8-7-15-33(20)27(34)22-17-26(19-11-12-23(28)24(29)16-19)30-25-10-4-3-9-21(22)25/h3-4,9-12,16-17,20H,2,5-8,13-15,18H2,1H3. The molecule has 0 aliphatic carbocycles. The van der Waals surface area contributed by atoms with Gasteiger partial charge < -0.3 is 4.90 Å². The van der Waals surface area contributed by atoms with Crippen molar-refractivity contribution in [3.63, 3.8) is 0 Å². The summed E-state index contributed by atoms with van der Waals surface area (Å²) in [7, 11) is 0. The number of likely N-dealkylation sites (tertiary alicyclic amines) is 1. The number of halogens is 2. The van der Waals surface area contributed by atoms with E-state index in [0.29, 0.717) is 22.3 Å². The van der Waals surface area contributed by atoms with Gasteiger partial charge in [0.1, 0.15) is 0 Å². The molecule has 34 heavy (non-hydrogen) atoms. The van der Waals surface area contributed by atoms with Crippen molar-refractivity contribution in [2.75, 3.05) is 32.7 Å². The van der Waals surface area contributed by atoms with E-state index in [-0.39, 0.29) is 11.9 Å². The molecule has 2 saturated heterocycles. The summed E-state index contributed by atoms with van der Waals surface area (Å²) >= 11 is 0. The lowest BCUT2D eigenvalue weighted by Crippen LogP contribution is -2.49. The molecule has 2 fully saturated rings. The largest absolute Gasteiger partial charge is 0.334 e. The van der Waals surface area contributed by atoms with Gasteiger partial charge in [0.2, 0.25) is 0 Å². The quantitative estimate of drug-likeness (QED) is 0.508. The normalized spacial score (nSPS) is 18.9. The Hall–Kier alpha value is -2.90. The van der Waals surface area contributed by atoms with Crippen LogP contribution < -0.4 is 0 Å². The Morgan fingerprint density at radius 1 is 1.03 bits per heavy atom. The highest BCUT2D eigenvalue weighted by atomic mass is 19.2. The molecule has 1 amide bonds. The number of para-hydroxylation sites is 1. The first-order chi connectivity index (χ1) is 16.5. The van der Waals surface area contributed by atoms with Crippen LogP contribution in [0.3, 0.4) is 0 Å². The molecule has 3 aromatic rings. The highest BCUT2D eigenvalue weighted by Gasteiger charge is 2.33. The molecule has 1 aromatic heterocycles. The molecule has 178 valence electrons. The van der Waals surface area contributed by atoms with Crippen LogP contribution in [0.4, 0.5) is 8.78 Å². The van der Waals surface area contributed by atoms with Crippen molar-refractivity contribution in [3.05, 3.63) is 65.7 Å². The molecule has 0 radical (unpaired) electrons. The summed E-state index contributed by atoms with van der Waals surface area (Å²) in [6.07, 6.45) is 4.40. The third-order valence-electron chi connectivity index (χ3n) is 7.07. The van der Waals surface area contributed by atoms with Crippen molar-refractivity contribution in [2.24, 2.45) is 0 Å². The van der Waals surface area contributed by atoms with Gasteiger partial charge in [-0.15, -0.1) is 0 Å². The van der Waals surface area contributed by atoms with Crippen LogP contribution in [0.25, 0.3) is 22.2 Å². The molecule has 2 aliphatic heterocycles. The van der Waals surface area contributed by atoms with Gasteiger partial charge in [-0.2, -0.15) is 0 Å². The Morgan fingerprint density at radius 3 is 2.59 bits per heavy atom. The summed E-state index contributed by atoms with van der Waals surface area (Å²) < 4.78 is 27.4. The number of amides is 1. The summed E-state index contributed by atoms with van der Waals surface area (Å²) in [6.45, 7) is 6.82. The van der Waals surface area contributed by atoms with Gasteiger partial charge in [-0.1, -0.05) is 25.1 Å². The first-order valence-corrected chi connectivity index (χ1v) is 12.2. The van der Waals surface area contributed by atoms with Gasteiger partial charge in [0.05, 0.1) is 16.8 Å². The van der Waals surface area contributed by atoms with E-state index in [1.807, 2.05) is 29.2 Å². The van der Waals surface area contributed by atoms with Gasteiger partial charge in [0.25, 0.3) is 5.91 Å². The minimum atomic E-state index is -0.929. The number of nitrogens with zero attached hydrogens (tertiary/aromatic N) is 4. The van der Waals surface area contributed by atoms with Crippen LogP contribution in [-0.4, -0.2) is 64.6 Å². The van der Waals surface area contributed by atoms with Crippen LogP contribution >= 0.6 is 0 Å². The number of hydrogen-bond donors (Lipinski definition) is 0. The lowest BCUT2D eigenvalue weighted by molar-refractivity contribution is -0.0150. The SMILES string of the molecule is CCN(CC1CCCN1C(=O)c1cc(-c2ccc(F)c(F)c2)nc2ccccc12)N1CCCC1. The molecular formula is C27H30F2N4O. The summed E-state index contributed by atoms with van der Waals surface area (Å²) in [6, 6.07) is 13.1. The molecule has 5 nitrogen and oxygen atoms in total. The minimum Gasteiger partial charge on any atom is -0.334 e. The maximum absolute atomic E-state index is 13.9. The molecule has 2 aromatic carbocycles. The first kappa shape index (κ1) is 22.9. The van der Waals surface area contributed by atoms with E-state index >= 15 is 0 Å². The molecule has 0 saturated carbocycles. The Balaban J connectivity index is 1.48. The Bertz CT molecular complexity index is 1190. The zero-order chi connectivity index (χ0) is 23.7. The summed E-state index contributed by atoms with van der Waals surface area (Å²) in [5, 5.41) is 5.58. The second-order valence-corrected chi connectivity index (χ2v) is 9.16. The third kappa shape index (κ3) is 4.42. The monoisotopic (exact) mass is 464 g/mol. The number of rotatable bonds is 6. The van der Waals surface area contributed by atoms with Gasteiger partial charge in [-0.25, -0.2) is 23.8 Å². The summed E-state index contributed by atoms with van der Waals surface area (Å²) in [4.78, 5) is 20.5. The average Bonchev–Trinajstić information content (AvgIpc) is 3.55. The van der Waals surface area contributed by atoms with Crippen molar-refractivity contribution in [1.82, 2.24) is 19.9 Å². The van der Waals surface area contributed by atoms with Crippen LogP contribution in [0.15, 0.2) is 48.5 Å². The van der Waals surface area contributed by atoms with E-state index in [1.54, 1.807) is 6.07 Å². The Kier molecular flexibility index (Phi) is 6.57. The molecule has 2 aliphatic rings. The van der Waals surface area contributed by atoms with Crippen LogP contribution in [0, 0.1) is 11.6 Å². The minimum absolute atomic E-state index is 0.0255. The van der Waals surface area contributed by atoms with Crippen molar-refractivity contribution >= 4 is 16.8 Å². The number of fused-ring (bicyclic) bond motifs is 1. The summed E-state index contributed by atoms with van der Waals surface area (Å²) in [5.41, 5.74) is 2.13. The van der Waals surface area contributed by atoms with E-state index in [9.17, 15) is 13.6 Å². The molecule has 1 atom stereocenters. The molecular weight excluding hydrogens is 434 g/mol. The first-order valence-electron chi connectivity index (χ1n) is 12.2. The van der Waals surface area contributed by atoms with Crippen molar-refractivity contribution in [2.45, 2.75) is 38.6 Å². The maximum Gasteiger partial charge on any atom is 0.254 e. The number of pyridine rings is 1. The fraction of sp³-hybridized carbons (Fsp3) is 0.407. The Morgan fingerprint density at radius 2 is 1.82 bits per heavy atom. The topological polar surface area (TPSA) is 39.7 Å². The van der Waals surface area contributed by atoms with E-state index in [1.165, 1.54) is 18.9 Å². The highest BCUT2D eigenvalue weighted by Crippen LogP contribution is 2.29. The zero-order valence-corrected chi connectivity index (χ0v) is 19.5. The predicted octanol–water partition coefficient (Wildman–Crippen LogP) is 5.12. The summed E-state index contributed by atoms with van der Waals surface area (Å²) in [5.74, 6) is -1.86. The molecule has 0 N–H and O–H groups in total. The lowest BCUT2D eigenvalue weighted by atomic mass is 10.0. The van der Waals surface area contributed by atoms with Crippen molar-refractivity contribution in [1.29, 1.82) is 0 Å². The number of carbonyl (C=O) groups excluding carboxylic acids is 1. The zero-order valence-electron chi connectivity index (χ0n) is 19.5. The fourth-order valence-corrected chi connectivity index (χ4v) is 5.27. The average molecular weight is 465 g/mol. The van der Waals surface area contributed by atoms with Crippen molar-refractivity contribution < 1.29 is 13.6 Å².